The second-order valence-corrected chi connectivity index (χ2v) is 7.70. The van der Waals surface area contributed by atoms with Crippen LogP contribution in [0.25, 0.3) is 0 Å². The highest BCUT2D eigenvalue weighted by Crippen LogP contribution is 2.31. The molecule has 7 heteroatoms. The van der Waals surface area contributed by atoms with Crippen LogP contribution in [-0.4, -0.2) is 44.2 Å². The van der Waals surface area contributed by atoms with E-state index in [1.807, 2.05) is 20.8 Å². The third kappa shape index (κ3) is 5.97. The van der Waals surface area contributed by atoms with E-state index in [0.29, 0.717) is 17.9 Å². The van der Waals surface area contributed by atoms with Gasteiger partial charge in [-0.2, -0.15) is 0 Å². The summed E-state index contributed by atoms with van der Waals surface area (Å²) in [6.07, 6.45) is 1.50. The van der Waals surface area contributed by atoms with Gasteiger partial charge in [-0.25, -0.2) is 0 Å². The third-order valence-electron chi connectivity index (χ3n) is 4.36. The van der Waals surface area contributed by atoms with Gasteiger partial charge < -0.3 is 20.7 Å². The van der Waals surface area contributed by atoms with Gasteiger partial charge in [-0.05, 0) is 71.0 Å². The van der Waals surface area contributed by atoms with Crippen molar-refractivity contribution in [2.75, 3.05) is 32.1 Å². The van der Waals surface area contributed by atoms with Crippen LogP contribution >= 0.6 is 12.4 Å². The minimum absolute atomic E-state index is 0. The normalized spacial score (nSPS) is 16.3. The molecule has 146 valence electrons. The monoisotopic (exact) mass is 383 g/mol. The number of halogens is 1. The highest BCUT2D eigenvalue weighted by molar-refractivity contribution is 5.97. The maximum Gasteiger partial charge on any atom is 0.251 e. The Hall–Kier alpha value is -1.63. The average Bonchev–Trinajstić information content (AvgIpc) is 2.55. The average molecular weight is 384 g/mol. The van der Waals surface area contributed by atoms with Gasteiger partial charge in [0.15, 0.2) is 0 Å². The molecule has 0 radical (unpaired) electrons. The molecule has 1 aromatic rings. The molecule has 0 spiro atoms. The molecule has 1 aliphatic heterocycles. The summed E-state index contributed by atoms with van der Waals surface area (Å²) < 4.78 is 5.30. The van der Waals surface area contributed by atoms with Crippen molar-refractivity contribution in [2.45, 2.75) is 39.2 Å². The molecule has 0 aliphatic carbocycles. The van der Waals surface area contributed by atoms with Crippen LogP contribution in [0.2, 0.25) is 0 Å². The van der Waals surface area contributed by atoms with E-state index in [1.165, 1.54) is 0 Å². The number of carbonyl (C=O) groups excluding carboxylic acids is 2. The van der Waals surface area contributed by atoms with Crippen LogP contribution in [0.15, 0.2) is 24.3 Å². The number of nitrogens with one attached hydrogen (secondary N) is 3. The molecule has 3 N–H and O–H groups in total. The van der Waals surface area contributed by atoms with Gasteiger partial charge in [0.25, 0.3) is 5.91 Å². The van der Waals surface area contributed by atoms with Crippen molar-refractivity contribution >= 4 is 29.9 Å². The van der Waals surface area contributed by atoms with Crippen LogP contribution in [-0.2, 0) is 9.53 Å². The Morgan fingerprint density at radius 1 is 1.15 bits per heavy atom. The molecule has 0 unspecified atom stereocenters. The summed E-state index contributed by atoms with van der Waals surface area (Å²) in [6, 6.07) is 6.97. The zero-order valence-corrected chi connectivity index (χ0v) is 16.8. The first-order valence-electron chi connectivity index (χ1n) is 8.69. The lowest BCUT2D eigenvalue weighted by Gasteiger charge is -2.35. The van der Waals surface area contributed by atoms with Crippen LogP contribution in [0.5, 0.6) is 0 Å². The van der Waals surface area contributed by atoms with Crippen molar-refractivity contribution in [2.24, 2.45) is 5.41 Å². The molecule has 26 heavy (non-hydrogen) atoms. The number of carbonyl (C=O) groups is 2. The Balaban J connectivity index is 0.00000338. The highest BCUT2D eigenvalue weighted by Gasteiger charge is 2.39. The van der Waals surface area contributed by atoms with Crippen LogP contribution < -0.4 is 16.0 Å². The maximum atomic E-state index is 12.8. The number of ether oxygens (including phenoxy) is 1. The molecule has 1 heterocycles. The number of benzene rings is 1. The minimum Gasteiger partial charge on any atom is -0.384 e. The van der Waals surface area contributed by atoms with E-state index in [2.05, 4.69) is 16.0 Å². The van der Waals surface area contributed by atoms with Crippen molar-refractivity contribution in [3.05, 3.63) is 29.8 Å². The van der Waals surface area contributed by atoms with Gasteiger partial charge >= 0.3 is 0 Å². The Morgan fingerprint density at radius 2 is 1.73 bits per heavy atom. The number of methoxy groups -OCH3 is 1. The number of rotatable bonds is 5. The summed E-state index contributed by atoms with van der Waals surface area (Å²) >= 11 is 0. The molecule has 0 saturated carbocycles. The van der Waals surface area contributed by atoms with Crippen LogP contribution in [0.4, 0.5) is 5.69 Å². The van der Waals surface area contributed by atoms with Gasteiger partial charge in [0, 0.05) is 23.9 Å². The standard InChI is InChI=1S/C19H29N3O3.ClH/c1-18(2,3)22-16(23)14-5-7-15(8-6-14)21-17(24)19(13-25-4)9-11-20-12-10-19;/h5-8,20H,9-13H2,1-4H3,(H,21,24)(H,22,23);1H. The molecule has 2 amide bonds. The van der Waals surface area contributed by atoms with E-state index >= 15 is 0 Å². The van der Waals surface area contributed by atoms with Gasteiger partial charge in [-0.15, -0.1) is 12.4 Å². The fourth-order valence-electron chi connectivity index (χ4n) is 3.00. The molecule has 2 rings (SSSR count). The molecule has 6 nitrogen and oxygen atoms in total. The van der Waals surface area contributed by atoms with E-state index in [-0.39, 0.29) is 29.8 Å². The molecule has 1 aliphatic rings. The fraction of sp³-hybridized carbons (Fsp3) is 0.579. The summed E-state index contributed by atoms with van der Waals surface area (Å²) in [5.74, 6) is -0.151. The fourth-order valence-corrected chi connectivity index (χ4v) is 3.00. The predicted octanol–water partition coefficient (Wildman–Crippen LogP) is 2.59. The number of anilines is 1. The topological polar surface area (TPSA) is 79.5 Å². The SMILES string of the molecule is COCC1(C(=O)Nc2ccc(C(=O)NC(C)(C)C)cc2)CCNCC1.Cl. The summed E-state index contributed by atoms with van der Waals surface area (Å²) in [4.78, 5) is 24.9. The lowest BCUT2D eigenvalue weighted by molar-refractivity contribution is -0.130. The summed E-state index contributed by atoms with van der Waals surface area (Å²) in [6.45, 7) is 7.84. The first-order chi connectivity index (χ1) is 11.8. The van der Waals surface area contributed by atoms with Crippen molar-refractivity contribution in [1.29, 1.82) is 0 Å². The van der Waals surface area contributed by atoms with Crippen molar-refractivity contribution in [3.8, 4) is 0 Å². The molecule has 1 saturated heterocycles. The zero-order valence-electron chi connectivity index (χ0n) is 16.0. The second kappa shape index (κ2) is 9.35. The smallest absolute Gasteiger partial charge is 0.251 e. The molecule has 0 atom stereocenters. The number of amides is 2. The second-order valence-electron chi connectivity index (χ2n) is 7.70. The van der Waals surface area contributed by atoms with E-state index < -0.39 is 5.41 Å². The number of piperidine rings is 1. The van der Waals surface area contributed by atoms with Gasteiger partial charge in [0.1, 0.15) is 0 Å². The number of hydrogen-bond donors (Lipinski definition) is 3. The van der Waals surface area contributed by atoms with Gasteiger partial charge in [-0.3, -0.25) is 9.59 Å². The highest BCUT2D eigenvalue weighted by atomic mass is 35.5. The number of hydrogen-bond acceptors (Lipinski definition) is 4. The predicted molar refractivity (Wildman–Crippen MR) is 106 cm³/mol. The molecular weight excluding hydrogens is 354 g/mol. The Morgan fingerprint density at radius 3 is 2.23 bits per heavy atom. The van der Waals surface area contributed by atoms with Gasteiger partial charge in [-0.1, -0.05) is 0 Å². The lowest BCUT2D eigenvalue weighted by Crippen LogP contribution is -2.47. The molecule has 1 aromatic carbocycles. The van der Waals surface area contributed by atoms with Crippen LogP contribution in [0, 0.1) is 5.41 Å². The van der Waals surface area contributed by atoms with Crippen LogP contribution in [0.1, 0.15) is 44.0 Å². The summed E-state index contributed by atoms with van der Waals surface area (Å²) in [5.41, 5.74) is 0.473. The lowest BCUT2D eigenvalue weighted by atomic mass is 9.78. The Bertz CT molecular complexity index is 600. The molecule has 0 bridgehead atoms. The minimum atomic E-state index is -0.498. The van der Waals surface area contributed by atoms with Crippen molar-refractivity contribution < 1.29 is 14.3 Å². The van der Waals surface area contributed by atoms with Gasteiger partial charge in [0.05, 0.1) is 12.0 Å². The summed E-state index contributed by atoms with van der Waals surface area (Å²) in [5, 5.41) is 9.17. The molecule has 0 aromatic heterocycles. The Labute approximate surface area is 161 Å². The van der Waals surface area contributed by atoms with Crippen LogP contribution in [0.3, 0.4) is 0 Å². The molecular formula is C19H30ClN3O3. The van der Waals surface area contributed by atoms with E-state index in [0.717, 1.165) is 25.9 Å². The first-order valence-corrected chi connectivity index (χ1v) is 8.69. The first kappa shape index (κ1) is 22.4. The quantitative estimate of drug-likeness (QED) is 0.730. The zero-order chi connectivity index (χ0) is 18.5. The Kier molecular flexibility index (Phi) is 8.06. The van der Waals surface area contributed by atoms with E-state index in [4.69, 9.17) is 4.74 Å². The van der Waals surface area contributed by atoms with Crippen molar-refractivity contribution in [1.82, 2.24) is 10.6 Å². The largest absolute Gasteiger partial charge is 0.384 e. The van der Waals surface area contributed by atoms with Gasteiger partial charge in [0.2, 0.25) is 5.91 Å². The van der Waals surface area contributed by atoms with E-state index in [9.17, 15) is 9.59 Å². The maximum absolute atomic E-state index is 12.8. The van der Waals surface area contributed by atoms with Crippen molar-refractivity contribution in [3.63, 3.8) is 0 Å². The van der Waals surface area contributed by atoms with E-state index in [1.54, 1.807) is 31.4 Å². The summed E-state index contributed by atoms with van der Waals surface area (Å²) in [7, 11) is 1.62. The third-order valence-corrected chi connectivity index (χ3v) is 4.36. The molecule has 1 fully saturated rings.